The minimum atomic E-state index is -0.431. The first-order valence-corrected chi connectivity index (χ1v) is 9.38. The number of aromatic nitrogens is 2. The number of hydrogen-bond acceptors (Lipinski definition) is 4. The maximum atomic E-state index is 13.9. The van der Waals surface area contributed by atoms with Crippen LogP contribution >= 0.6 is 11.6 Å². The molecule has 1 heterocycles. The van der Waals surface area contributed by atoms with Crippen molar-refractivity contribution in [3.05, 3.63) is 51.9 Å². The van der Waals surface area contributed by atoms with Crippen LogP contribution in [0.5, 0.6) is 5.88 Å². The van der Waals surface area contributed by atoms with Crippen molar-refractivity contribution in [2.75, 3.05) is 6.61 Å². The highest BCUT2D eigenvalue weighted by Gasteiger charge is 2.21. The van der Waals surface area contributed by atoms with Gasteiger partial charge in [-0.1, -0.05) is 28.9 Å². The maximum absolute atomic E-state index is 13.9. The summed E-state index contributed by atoms with van der Waals surface area (Å²) in [4.78, 5) is 5.09. The lowest BCUT2D eigenvalue weighted by atomic mass is 10.2. The third-order valence-electron chi connectivity index (χ3n) is 4.45. The highest BCUT2D eigenvalue weighted by Crippen LogP contribution is 2.27. The zero-order valence-corrected chi connectivity index (χ0v) is 16.2. The van der Waals surface area contributed by atoms with Gasteiger partial charge < -0.3 is 9.57 Å². The first-order chi connectivity index (χ1) is 13.0. The van der Waals surface area contributed by atoms with Gasteiger partial charge in [-0.3, -0.25) is 0 Å². The van der Waals surface area contributed by atoms with Crippen LogP contribution in [0.25, 0.3) is 6.08 Å². The molecule has 1 aromatic heterocycles. The van der Waals surface area contributed by atoms with Gasteiger partial charge in [0.05, 0.1) is 17.5 Å². The number of nitrogens with zero attached hydrogens (tertiary/aromatic N) is 3. The lowest BCUT2D eigenvalue weighted by Gasteiger charge is -2.13. The molecule has 144 valence electrons. The van der Waals surface area contributed by atoms with Crippen molar-refractivity contribution in [2.45, 2.75) is 38.7 Å². The Balaban J connectivity index is 1.60. The van der Waals surface area contributed by atoms with Gasteiger partial charge in [-0.25, -0.2) is 9.07 Å². The van der Waals surface area contributed by atoms with Gasteiger partial charge in [0.25, 0.3) is 0 Å². The van der Waals surface area contributed by atoms with Crippen molar-refractivity contribution in [2.24, 2.45) is 12.2 Å². The molecule has 27 heavy (non-hydrogen) atoms. The largest absolute Gasteiger partial charge is 0.474 e. The number of benzene rings is 1. The van der Waals surface area contributed by atoms with E-state index in [0.29, 0.717) is 16.5 Å². The molecular weight excluding hydrogens is 369 g/mol. The van der Waals surface area contributed by atoms with Crippen LogP contribution in [0, 0.1) is 6.92 Å². The van der Waals surface area contributed by atoms with Crippen molar-refractivity contribution in [3.8, 4) is 5.88 Å². The van der Waals surface area contributed by atoms with Crippen molar-refractivity contribution < 1.29 is 14.0 Å². The van der Waals surface area contributed by atoms with Crippen LogP contribution in [-0.4, -0.2) is 28.7 Å². The molecule has 1 aliphatic rings. The van der Waals surface area contributed by atoms with E-state index >= 15 is 0 Å². The minimum Gasteiger partial charge on any atom is -0.474 e. The molecule has 1 saturated carbocycles. The number of hydrogen-bond donors (Lipinski definition) is 0. The molecule has 0 amide bonds. The molecular formula is C20H23ClFN3O2. The summed E-state index contributed by atoms with van der Waals surface area (Å²) in [6, 6.07) is 6.88. The van der Waals surface area contributed by atoms with Crippen molar-refractivity contribution in [1.29, 1.82) is 0 Å². The molecule has 0 radical (unpaired) electrons. The van der Waals surface area contributed by atoms with Gasteiger partial charge in [0.1, 0.15) is 11.9 Å². The van der Waals surface area contributed by atoms with Crippen LogP contribution < -0.4 is 4.74 Å². The van der Waals surface area contributed by atoms with Crippen LogP contribution in [0.4, 0.5) is 4.39 Å². The fourth-order valence-corrected chi connectivity index (χ4v) is 3.20. The number of ether oxygens (including phenoxy) is 1. The van der Waals surface area contributed by atoms with Crippen molar-refractivity contribution in [3.63, 3.8) is 0 Å². The van der Waals surface area contributed by atoms with E-state index in [1.54, 1.807) is 28.9 Å². The average molecular weight is 392 g/mol. The summed E-state index contributed by atoms with van der Waals surface area (Å²) in [5, 5.41) is 8.87. The number of aryl methyl sites for hydroxylation is 2. The molecule has 0 bridgehead atoms. The number of rotatable bonds is 7. The van der Waals surface area contributed by atoms with Gasteiger partial charge in [0, 0.05) is 12.1 Å². The first-order valence-electron chi connectivity index (χ1n) is 9.00. The molecule has 0 spiro atoms. The summed E-state index contributed by atoms with van der Waals surface area (Å²) in [5.41, 5.74) is 2.25. The Labute approximate surface area is 163 Å². The predicted octanol–water partition coefficient (Wildman–Crippen LogP) is 5.06. The monoisotopic (exact) mass is 391 g/mol. The Bertz CT molecular complexity index is 824. The molecule has 3 rings (SSSR count). The SMILES string of the molecule is Cc1nn(C)c(OC2CCCC2)c1C=NOCC(F)=Cc1ccc(Cl)cc1. The second-order valence-corrected chi connectivity index (χ2v) is 7.04. The summed E-state index contributed by atoms with van der Waals surface area (Å²) in [6.07, 6.45) is 7.61. The van der Waals surface area contributed by atoms with E-state index in [4.69, 9.17) is 21.2 Å². The maximum Gasteiger partial charge on any atom is 0.221 e. The van der Waals surface area contributed by atoms with Crippen LogP contribution in [0.15, 0.2) is 35.2 Å². The van der Waals surface area contributed by atoms with Gasteiger partial charge in [-0.15, -0.1) is 0 Å². The summed E-state index contributed by atoms with van der Waals surface area (Å²) in [5.74, 6) is 0.240. The fourth-order valence-electron chi connectivity index (χ4n) is 3.08. The molecule has 7 heteroatoms. The summed E-state index contributed by atoms with van der Waals surface area (Å²) >= 11 is 5.81. The number of halogens is 2. The summed E-state index contributed by atoms with van der Waals surface area (Å²) in [6.45, 7) is 1.63. The lowest BCUT2D eigenvalue weighted by Crippen LogP contribution is -2.14. The zero-order valence-electron chi connectivity index (χ0n) is 15.5. The topological polar surface area (TPSA) is 48.6 Å². The third kappa shape index (κ3) is 5.32. The normalized spacial score (nSPS) is 15.6. The molecule has 0 N–H and O–H groups in total. The molecule has 1 aliphatic carbocycles. The van der Waals surface area contributed by atoms with Gasteiger partial charge in [0.2, 0.25) is 5.88 Å². The molecule has 2 aromatic rings. The van der Waals surface area contributed by atoms with E-state index < -0.39 is 5.83 Å². The lowest BCUT2D eigenvalue weighted by molar-refractivity contribution is 0.155. The molecule has 0 aliphatic heterocycles. The van der Waals surface area contributed by atoms with Gasteiger partial charge in [-0.05, 0) is 56.4 Å². The highest BCUT2D eigenvalue weighted by molar-refractivity contribution is 6.30. The van der Waals surface area contributed by atoms with Crippen molar-refractivity contribution in [1.82, 2.24) is 9.78 Å². The van der Waals surface area contributed by atoms with Gasteiger partial charge >= 0.3 is 0 Å². The van der Waals surface area contributed by atoms with E-state index in [0.717, 1.165) is 24.1 Å². The Morgan fingerprint density at radius 3 is 2.74 bits per heavy atom. The Kier molecular flexibility index (Phi) is 6.50. The van der Waals surface area contributed by atoms with E-state index in [-0.39, 0.29) is 12.7 Å². The van der Waals surface area contributed by atoms with Crippen LogP contribution in [-0.2, 0) is 11.9 Å². The van der Waals surface area contributed by atoms with Crippen LogP contribution in [0.1, 0.15) is 42.5 Å². The summed E-state index contributed by atoms with van der Waals surface area (Å²) < 4.78 is 21.7. The minimum absolute atomic E-state index is 0.215. The van der Waals surface area contributed by atoms with Gasteiger partial charge in [0.15, 0.2) is 6.61 Å². The second-order valence-electron chi connectivity index (χ2n) is 6.60. The van der Waals surface area contributed by atoms with E-state index in [9.17, 15) is 4.39 Å². The smallest absolute Gasteiger partial charge is 0.221 e. The van der Waals surface area contributed by atoms with Crippen molar-refractivity contribution >= 4 is 23.9 Å². The highest BCUT2D eigenvalue weighted by atomic mass is 35.5. The van der Waals surface area contributed by atoms with E-state index in [2.05, 4.69) is 10.3 Å². The van der Waals surface area contributed by atoms with E-state index in [1.807, 2.05) is 14.0 Å². The number of oxime groups is 1. The first kappa shape index (κ1) is 19.4. The van der Waals surface area contributed by atoms with Gasteiger partial charge in [-0.2, -0.15) is 5.10 Å². The Morgan fingerprint density at radius 1 is 1.33 bits per heavy atom. The average Bonchev–Trinajstić information content (AvgIpc) is 3.23. The molecule has 0 unspecified atom stereocenters. The summed E-state index contributed by atoms with van der Waals surface area (Å²) in [7, 11) is 1.84. The third-order valence-corrected chi connectivity index (χ3v) is 4.70. The fraction of sp³-hybridized carbons (Fsp3) is 0.400. The Hall–Kier alpha value is -2.34. The molecule has 1 aromatic carbocycles. The second kappa shape index (κ2) is 9.04. The molecule has 0 saturated heterocycles. The van der Waals surface area contributed by atoms with Crippen LogP contribution in [0.2, 0.25) is 5.02 Å². The van der Waals surface area contributed by atoms with Crippen LogP contribution in [0.3, 0.4) is 0 Å². The zero-order chi connectivity index (χ0) is 19.2. The quantitative estimate of drug-likeness (QED) is 0.489. The molecule has 5 nitrogen and oxygen atoms in total. The molecule has 1 fully saturated rings. The standard InChI is InChI=1S/C20H23ClFN3O2/c1-14-19(20(25(2)24-14)27-18-5-3-4-6-18)12-23-26-13-17(22)11-15-7-9-16(21)10-8-15/h7-12,18H,3-6,13H2,1-2H3. The molecule has 0 atom stereocenters. The van der Waals surface area contributed by atoms with E-state index in [1.165, 1.54) is 25.1 Å². The predicted molar refractivity (Wildman–Crippen MR) is 105 cm³/mol. The Morgan fingerprint density at radius 2 is 2.04 bits per heavy atom.